The quantitative estimate of drug-likeness (QED) is 0.805. The fraction of sp³-hybridized carbons (Fsp3) is 0.286. The lowest BCUT2D eigenvalue weighted by molar-refractivity contribution is 0.0601. The highest BCUT2D eigenvalue weighted by atomic mass is 32.1. The molecule has 0 radical (unpaired) electrons. The molecule has 122 valence electrons. The van der Waals surface area contributed by atoms with Crippen molar-refractivity contribution in [2.75, 3.05) is 12.4 Å². The molecule has 2 N–H and O–H groups in total. The number of aromatic nitrogens is 2. The Kier molecular flexibility index (Phi) is 4.80. The van der Waals surface area contributed by atoms with E-state index in [0.717, 1.165) is 11.1 Å². The van der Waals surface area contributed by atoms with Gasteiger partial charge in [0.05, 0.1) is 18.9 Å². The third-order valence-electron chi connectivity index (χ3n) is 3.15. The molecule has 9 heteroatoms. The first-order chi connectivity index (χ1) is 10.9. The Hall–Kier alpha value is -2.68. The van der Waals surface area contributed by atoms with Gasteiger partial charge >= 0.3 is 11.9 Å². The molecule has 2 aromatic heterocycles. The maximum absolute atomic E-state index is 12.4. The lowest BCUT2D eigenvalue weighted by atomic mass is 10.2. The molecule has 0 bridgehead atoms. The zero-order valence-corrected chi connectivity index (χ0v) is 13.6. The van der Waals surface area contributed by atoms with Crippen molar-refractivity contribution in [1.29, 1.82) is 0 Å². The van der Waals surface area contributed by atoms with Crippen molar-refractivity contribution in [2.45, 2.75) is 13.3 Å². The molecular formula is C14H15N3O5S. The second-order valence-electron chi connectivity index (χ2n) is 4.59. The molecule has 23 heavy (non-hydrogen) atoms. The number of nitrogens with zero attached hydrogens (tertiary/aromatic N) is 2. The summed E-state index contributed by atoms with van der Waals surface area (Å²) in [6.45, 7) is 1.92. The fourth-order valence-electron chi connectivity index (χ4n) is 2.00. The van der Waals surface area contributed by atoms with Gasteiger partial charge in [0.2, 0.25) is 0 Å². The van der Waals surface area contributed by atoms with Crippen LogP contribution in [0.2, 0.25) is 0 Å². The minimum Gasteiger partial charge on any atom is -0.478 e. The predicted octanol–water partition coefficient (Wildman–Crippen LogP) is 1.78. The van der Waals surface area contributed by atoms with E-state index >= 15 is 0 Å². The molecule has 1 amide bonds. The number of aromatic carboxylic acids is 1. The Morgan fingerprint density at radius 1 is 1.39 bits per heavy atom. The molecule has 0 aliphatic rings. The van der Waals surface area contributed by atoms with Gasteiger partial charge in [-0.2, -0.15) is 5.10 Å². The van der Waals surface area contributed by atoms with Crippen molar-refractivity contribution < 1.29 is 24.2 Å². The number of ether oxygens (including phenoxy) is 1. The maximum Gasteiger partial charge on any atom is 0.340 e. The van der Waals surface area contributed by atoms with Crippen molar-refractivity contribution in [3.05, 3.63) is 34.0 Å². The summed E-state index contributed by atoms with van der Waals surface area (Å²) in [5.41, 5.74) is -0.0709. The van der Waals surface area contributed by atoms with E-state index < -0.39 is 17.8 Å². The van der Waals surface area contributed by atoms with Crippen LogP contribution in [-0.4, -0.2) is 39.8 Å². The van der Waals surface area contributed by atoms with Crippen LogP contribution in [0.25, 0.3) is 0 Å². The summed E-state index contributed by atoms with van der Waals surface area (Å²) in [7, 11) is 2.72. The lowest BCUT2D eigenvalue weighted by Crippen LogP contribution is -2.20. The molecule has 2 heterocycles. The minimum absolute atomic E-state index is 0.0974. The fourth-order valence-corrected chi connectivity index (χ4v) is 2.98. The second kappa shape index (κ2) is 6.61. The molecule has 0 unspecified atom stereocenters. The molecule has 2 aromatic rings. The van der Waals surface area contributed by atoms with Crippen LogP contribution in [0.1, 0.15) is 43.0 Å². The van der Waals surface area contributed by atoms with Crippen LogP contribution in [0.5, 0.6) is 0 Å². The summed E-state index contributed by atoms with van der Waals surface area (Å²) in [6.07, 6.45) is 1.79. The topological polar surface area (TPSA) is 111 Å². The van der Waals surface area contributed by atoms with E-state index in [1.807, 2.05) is 6.92 Å². The van der Waals surface area contributed by atoms with Gasteiger partial charge < -0.3 is 15.2 Å². The van der Waals surface area contributed by atoms with Crippen molar-refractivity contribution in [1.82, 2.24) is 9.78 Å². The van der Waals surface area contributed by atoms with Gasteiger partial charge in [-0.1, -0.05) is 6.92 Å². The minimum atomic E-state index is -1.25. The van der Waals surface area contributed by atoms with Crippen molar-refractivity contribution in [2.24, 2.45) is 7.05 Å². The van der Waals surface area contributed by atoms with Crippen LogP contribution in [0.3, 0.4) is 0 Å². The first kappa shape index (κ1) is 16.7. The summed E-state index contributed by atoms with van der Waals surface area (Å²) in [5.74, 6) is -2.48. The molecule has 2 rings (SSSR count). The van der Waals surface area contributed by atoms with Gasteiger partial charge in [0.25, 0.3) is 5.91 Å². The Morgan fingerprint density at radius 3 is 2.65 bits per heavy atom. The number of aryl methyl sites for hydroxylation is 2. The van der Waals surface area contributed by atoms with E-state index in [9.17, 15) is 14.4 Å². The number of carbonyl (C=O) groups excluding carboxylic acids is 2. The number of carboxylic acids is 1. The highest BCUT2D eigenvalue weighted by molar-refractivity contribution is 7.16. The van der Waals surface area contributed by atoms with Gasteiger partial charge in [0.15, 0.2) is 0 Å². The zero-order valence-electron chi connectivity index (χ0n) is 12.7. The highest BCUT2D eigenvalue weighted by Crippen LogP contribution is 2.29. The number of nitrogens with one attached hydrogen (secondary N) is 1. The smallest absolute Gasteiger partial charge is 0.340 e. The number of thiophene rings is 1. The van der Waals surface area contributed by atoms with E-state index in [4.69, 9.17) is 9.84 Å². The molecule has 0 spiro atoms. The monoisotopic (exact) mass is 337 g/mol. The summed E-state index contributed by atoms with van der Waals surface area (Å²) in [4.78, 5) is 36.2. The number of amides is 1. The predicted molar refractivity (Wildman–Crippen MR) is 83.2 cm³/mol. The molecule has 0 fully saturated rings. The summed E-state index contributed by atoms with van der Waals surface area (Å²) in [6, 6.07) is 1.65. The molecular weight excluding hydrogens is 322 g/mol. The summed E-state index contributed by atoms with van der Waals surface area (Å²) >= 11 is 1.24. The summed E-state index contributed by atoms with van der Waals surface area (Å²) < 4.78 is 5.87. The van der Waals surface area contributed by atoms with E-state index in [-0.39, 0.29) is 16.8 Å². The molecule has 0 saturated carbocycles. The first-order valence-corrected chi connectivity index (χ1v) is 7.48. The Labute approximate surface area is 135 Å². The van der Waals surface area contributed by atoms with Gasteiger partial charge in [0.1, 0.15) is 16.3 Å². The van der Waals surface area contributed by atoms with Gasteiger partial charge in [-0.15, -0.1) is 11.3 Å². The zero-order chi connectivity index (χ0) is 17.1. The Balaban J connectivity index is 2.38. The average Bonchev–Trinajstić information content (AvgIpc) is 3.09. The van der Waals surface area contributed by atoms with Crippen LogP contribution in [-0.2, 0) is 18.2 Å². The maximum atomic E-state index is 12.4. The van der Waals surface area contributed by atoms with E-state index in [1.165, 1.54) is 30.2 Å². The number of carbonyl (C=O) groups is 3. The van der Waals surface area contributed by atoms with Gasteiger partial charge in [-0.3, -0.25) is 9.48 Å². The van der Waals surface area contributed by atoms with Crippen LogP contribution in [0, 0.1) is 0 Å². The lowest BCUT2D eigenvalue weighted by Gasteiger charge is -2.06. The van der Waals surface area contributed by atoms with Crippen LogP contribution in [0.15, 0.2) is 12.3 Å². The third-order valence-corrected chi connectivity index (χ3v) is 4.34. The first-order valence-electron chi connectivity index (χ1n) is 6.66. The Morgan fingerprint density at radius 2 is 2.09 bits per heavy atom. The van der Waals surface area contributed by atoms with E-state index in [0.29, 0.717) is 11.4 Å². The number of esters is 1. The standard InChI is InChI=1S/C14H15N3O5S/c1-4-7-5-8(14(21)22-3)12(23-7)16-11(18)10-9(13(19)20)6-15-17(10)2/h5-6H,4H2,1-3H3,(H,16,18)(H,19,20). The SMILES string of the molecule is CCc1cc(C(=O)OC)c(NC(=O)c2c(C(=O)O)cnn2C)s1. The van der Waals surface area contributed by atoms with Crippen LogP contribution < -0.4 is 5.32 Å². The second-order valence-corrected chi connectivity index (χ2v) is 5.73. The molecule has 0 aliphatic carbocycles. The van der Waals surface area contributed by atoms with Crippen LogP contribution in [0.4, 0.5) is 5.00 Å². The van der Waals surface area contributed by atoms with E-state index in [1.54, 1.807) is 6.07 Å². The molecule has 8 nitrogen and oxygen atoms in total. The number of anilines is 1. The number of hydrogen-bond donors (Lipinski definition) is 2. The number of rotatable bonds is 5. The third kappa shape index (κ3) is 3.24. The molecule has 0 atom stereocenters. The Bertz CT molecular complexity index is 777. The molecule has 0 saturated heterocycles. The van der Waals surface area contributed by atoms with Gasteiger partial charge in [-0.25, -0.2) is 9.59 Å². The normalized spacial score (nSPS) is 10.4. The van der Waals surface area contributed by atoms with Gasteiger partial charge in [-0.05, 0) is 12.5 Å². The summed E-state index contributed by atoms with van der Waals surface area (Å²) in [5, 5.41) is 15.8. The largest absolute Gasteiger partial charge is 0.478 e. The molecule has 0 aromatic carbocycles. The average molecular weight is 337 g/mol. The highest BCUT2D eigenvalue weighted by Gasteiger charge is 2.24. The van der Waals surface area contributed by atoms with Crippen molar-refractivity contribution in [3.8, 4) is 0 Å². The van der Waals surface area contributed by atoms with Crippen LogP contribution >= 0.6 is 11.3 Å². The number of methoxy groups -OCH3 is 1. The number of hydrogen-bond acceptors (Lipinski definition) is 6. The van der Waals surface area contributed by atoms with Crippen molar-refractivity contribution in [3.63, 3.8) is 0 Å². The molecule has 0 aliphatic heterocycles. The number of carboxylic acid groups (broad SMARTS) is 1. The van der Waals surface area contributed by atoms with Crippen molar-refractivity contribution >= 4 is 34.2 Å². The van der Waals surface area contributed by atoms with Gasteiger partial charge in [0, 0.05) is 11.9 Å². The van der Waals surface area contributed by atoms with E-state index in [2.05, 4.69) is 10.4 Å².